The lowest BCUT2D eigenvalue weighted by Crippen LogP contribution is -2.09. The van der Waals surface area contributed by atoms with Gasteiger partial charge in [0.25, 0.3) is 0 Å². The van der Waals surface area contributed by atoms with Crippen LogP contribution in [0.3, 0.4) is 0 Å². The van der Waals surface area contributed by atoms with E-state index in [0.717, 1.165) is 26.2 Å². The summed E-state index contributed by atoms with van der Waals surface area (Å²) >= 11 is 0. The van der Waals surface area contributed by atoms with Gasteiger partial charge < -0.3 is 0 Å². The zero-order valence-corrected chi connectivity index (χ0v) is 13.7. The summed E-state index contributed by atoms with van der Waals surface area (Å²) in [4.78, 5) is -0.0146. The number of hydrogen-bond donors (Lipinski definition) is 0. The highest BCUT2D eigenvalue weighted by Crippen LogP contribution is 2.50. The first-order valence-electron chi connectivity index (χ1n) is 6.05. The fourth-order valence-corrected chi connectivity index (χ4v) is 4.35. The Bertz CT molecular complexity index is 602. The van der Waals surface area contributed by atoms with Crippen molar-refractivity contribution in [2.75, 3.05) is 14.2 Å². The summed E-state index contributed by atoms with van der Waals surface area (Å²) in [6, 6.07) is 4.86. The lowest BCUT2D eigenvalue weighted by molar-refractivity contribution is 0.213. The Labute approximate surface area is 119 Å². The highest BCUT2D eigenvalue weighted by Gasteiger charge is 2.33. The van der Waals surface area contributed by atoms with Crippen LogP contribution in [0.4, 0.5) is 0 Å². The molecular weight excluding hydrogens is 303 g/mol. The molecule has 0 saturated heterocycles. The summed E-state index contributed by atoms with van der Waals surface area (Å²) in [5, 5.41) is 0. The number of hydrogen-bond acceptors (Lipinski definition) is 6. The summed E-state index contributed by atoms with van der Waals surface area (Å²) in [7, 11) is -6.22. The molecule has 0 bridgehead atoms. The van der Waals surface area contributed by atoms with E-state index in [1.165, 1.54) is 6.07 Å². The molecule has 20 heavy (non-hydrogen) atoms. The minimum Gasteiger partial charge on any atom is -0.290 e. The van der Waals surface area contributed by atoms with E-state index in [1.54, 1.807) is 12.1 Å². The molecule has 0 radical (unpaired) electrons. The molecule has 0 aromatic heterocycles. The van der Waals surface area contributed by atoms with Crippen LogP contribution in [0, 0.1) is 6.92 Å². The third kappa shape index (κ3) is 4.14. The molecule has 1 aromatic carbocycles. The first kappa shape index (κ1) is 17.3. The Morgan fingerprint density at radius 3 is 2.30 bits per heavy atom. The van der Waals surface area contributed by atoms with E-state index in [0.29, 0.717) is 12.0 Å². The fraction of sp³-hybridized carbons (Fsp3) is 0.500. The van der Waals surface area contributed by atoms with Gasteiger partial charge in [0.1, 0.15) is 0 Å². The highest BCUT2D eigenvalue weighted by molar-refractivity contribution is 7.90. The van der Waals surface area contributed by atoms with Gasteiger partial charge in [-0.3, -0.25) is 9.05 Å². The zero-order chi connectivity index (χ0) is 15.4. The highest BCUT2D eigenvalue weighted by atomic mass is 32.2. The standard InChI is InChI=1S/C12H19O6PS/c1-5-6-11-9-10(2)7-8-12(11)20(14,15)18-19(13,16-3)17-4/h7-9H,5-6H2,1-4H3. The van der Waals surface area contributed by atoms with Gasteiger partial charge in [-0.1, -0.05) is 31.0 Å². The van der Waals surface area contributed by atoms with Crippen LogP contribution in [-0.4, -0.2) is 22.6 Å². The predicted molar refractivity (Wildman–Crippen MR) is 75.1 cm³/mol. The van der Waals surface area contributed by atoms with Gasteiger partial charge in [0.15, 0.2) is 0 Å². The van der Waals surface area contributed by atoms with E-state index in [2.05, 4.69) is 13.0 Å². The predicted octanol–water partition coefficient (Wildman–Crippen LogP) is 3.05. The van der Waals surface area contributed by atoms with E-state index in [1.807, 2.05) is 13.8 Å². The molecule has 0 amide bonds. The maximum absolute atomic E-state index is 12.2. The summed E-state index contributed by atoms with van der Waals surface area (Å²) in [5.74, 6) is 0. The number of phosphoric ester groups is 1. The summed E-state index contributed by atoms with van der Waals surface area (Å²) in [6.07, 6.45) is 1.35. The minimum absolute atomic E-state index is 0.0146. The lowest BCUT2D eigenvalue weighted by Gasteiger charge is -2.15. The third-order valence-electron chi connectivity index (χ3n) is 2.64. The molecule has 6 nitrogen and oxygen atoms in total. The van der Waals surface area contributed by atoms with Crippen molar-refractivity contribution in [3.63, 3.8) is 0 Å². The van der Waals surface area contributed by atoms with E-state index in [9.17, 15) is 13.0 Å². The van der Waals surface area contributed by atoms with Gasteiger partial charge in [-0.25, -0.2) is 4.57 Å². The van der Waals surface area contributed by atoms with Gasteiger partial charge in [0, 0.05) is 14.2 Å². The minimum atomic E-state index is -4.22. The largest absolute Gasteiger partial charge is 0.489 e. The molecule has 1 aromatic rings. The van der Waals surface area contributed by atoms with Crippen LogP contribution in [0.1, 0.15) is 24.5 Å². The Balaban J connectivity index is 3.25. The van der Waals surface area contributed by atoms with Crippen LogP contribution >= 0.6 is 7.82 Å². The van der Waals surface area contributed by atoms with Gasteiger partial charge in [0.2, 0.25) is 0 Å². The number of phosphoric acid groups is 1. The van der Waals surface area contributed by atoms with Crippen molar-refractivity contribution in [2.45, 2.75) is 31.6 Å². The van der Waals surface area contributed by atoms with Gasteiger partial charge in [-0.2, -0.15) is 12.4 Å². The quantitative estimate of drug-likeness (QED) is 0.718. The van der Waals surface area contributed by atoms with Crippen molar-refractivity contribution in [2.24, 2.45) is 0 Å². The molecule has 0 aliphatic rings. The number of aryl methyl sites for hydroxylation is 2. The molecule has 0 aliphatic carbocycles. The zero-order valence-electron chi connectivity index (χ0n) is 12.0. The average Bonchev–Trinajstić information content (AvgIpc) is 2.38. The maximum Gasteiger partial charge on any atom is 0.489 e. The molecular formula is C12H19O6PS. The fourth-order valence-electron chi connectivity index (χ4n) is 1.71. The van der Waals surface area contributed by atoms with Crippen molar-refractivity contribution in [1.82, 2.24) is 0 Å². The lowest BCUT2D eigenvalue weighted by atomic mass is 10.1. The normalized spacial score (nSPS) is 12.6. The van der Waals surface area contributed by atoms with Crippen LogP contribution in [0.15, 0.2) is 23.1 Å². The van der Waals surface area contributed by atoms with Crippen LogP contribution in [0.5, 0.6) is 0 Å². The number of benzene rings is 1. The second kappa shape index (κ2) is 6.83. The molecule has 0 spiro atoms. The van der Waals surface area contributed by atoms with E-state index >= 15 is 0 Å². The first-order valence-corrected chi connectivity index (χ1v) is 8.92. The average molecular weight is 322 g/mol. The molecule has 8 heteroatoms. The van der Waals surface area contributed by atoms with Crippen LogP contribution in [0.25, 0.3) is 0 Å². The van der Waals surface area contributed by atoms with Gasteiger partial charge in [-0.05, 0) is 25.0 Å². The first-order chi connectivity index (χ1) is 9.28. The molecule has 0 N–H and O–H groups in total. The molecule has 0 aliphatic heterocycles. The van der Waals surface area contributed by atoms with Crippen molar-refractivity contribution >= 4 is 17.9 Å². The number of rotatable bonds is 7. The molecule has 114 valence electrons. The van der Waals surface area contributed by atoms with E-state index in [-0.39, 0.29) is 4.90 Å². The second-order valence-electron chi connectivity index (χ2n) is 4.20. The van der Waals surface area contributed by atoms with Crippen molar-refractivity contribution in [3.05, 3.63) is 29.3 Å². The molecule has 1 rings (SSSR count). The van der Waals surface area contributed by atoms with E-state index < -0.39 is 17.9 Å². The van der Waals surface area contributed by atoms with Gasteiger partial charge in [0.05, 0.1) is 4.90 Å². The molecule has 0 saturated carbocycles. The molecule has 0 unspecified atom stereocenters. The second-order valence-corrected chi connectivity index (χ2v) is 7.77. The SMILES string of the molecule is CCCc1cc(C)ccc1S(=O)(=O)OP(=O)(OC)OC. The van der Waals surface area contributed by atoms with Crippen LogP contribution < -0.4 is 0 Å². The van der Waals surface area contributed by atoms with Crippen molar-refractivity contribution in [1.29, 1.82) is 0 Å². The summed E-state index contributed by atoms with van der Waals surface area (Å²) in [5.41, 5.74) is 1.56. The molecule has 0 heterocycles. The van der Waals surface area contributed by atoms with Crippen molar-refractivity contribution in [3.8, 4) is 0 Å². The van der Waals surface area contributed by atoms with Crippen LogP contribution in [0.2, 0.25) is 0 Å². The summed E-state index contributed by atoms with van der Waals surface area (Å²) in [6.45, 7) is 3.81. The monoisotopic (exact) mass is 322 g/mol. The smallest absolute Gasteiger partial charge is 0.290 e. The Kier molecular flexibility index (Phi) is 5.91. The summed E-state index contributed by atoms with van der Waals surface area (Å²) < 4.78 is 49.9. The maximum atomic E-state index is 12.2. The third-order valence-corrected chi connectivity index (χ3v) is 5.99. The van der Waals surface area contributed by atoms with Crippen molar-refractivity contribution < 1.29 is 26.0 Å². The van der Waals surface area contributed by atoms with Crippen LogP contribution in [-0.2, 0) is 34.1 Å². The Morgan fingerprint density at radius 2 is 1.80 bits per heavy atom. The Hall–Kier alpha value is -0.720. The topological polar surface area (TPSA) is 78.9 Å². The molecule has 0 fully saturated rings. The van der Waals surface area contributed by atoms with Gasteiger partial charge in [-0.15, -0.1) is 0 Å². The molecule has 0 atom stereocenters. The Morgan fingerprint density at radius 1 is 1.20 bits per heavy atom. The van der Waals surface area contributed by atoms with E-state index in [4.69, 9.17) is 0 Å². The van der Waals surface area contributed by atoms with Gasteiger partial charge >= 0.3 is 17.9 Å².